The fraction of sp³-hybridized carbons (Fsp3) is 0.417. The van der Waals surface area contributed by atoms with Crippen LogP contribution >= 0.6 is 0 Å². The Balaban J connectivity index is 2.43. The molecule has 7 heteroatoms. The molecule has 0 heterocycles. The van der Waals surface area contributed by atoms with Gasteiger partial charge in [-0.2, -0.15) is 0 Å². The summed E-state index contributed by atoms with van der Waals surface area (Å²) in [6.45, 7) is 2.13. The van der Waals surface area contributed by atoms with Gasteiger partial charge in [0.15, 0.2) is 0 Å². The van der Waals surface area contributed by atoms with Crippen molar-refractivity contribution in [3.63, 3.8) is 0 Å². The molecule has 1 aromatic carbocycles. The predicted molar refractivity (Wildman–Crippen MR) is 67.5 cm³/mol. The topological polar surface area (TPSA) is 72.5 Å². The average molecular weight is 289 g/mol. The zero-order valence-electron chi connectivity index (χ0n) is 10.6. The monoisotopic (exact) mass is 289 g/mol. The van der Waals surface area contributed by atoms with E-state index >= 15 is 0 Å². The molecule has 0 aliphatic rings. The van der Waals surface area contributed by atoms with Crippen molar-refractivity contribution in [1.82, 2.24) is 4.72 Å². The Morgan fingerprint density at radius 2 is 1.95 bits per heavy atom. The van der Waals surface area contributed by atoms with Gasteiger partial charge in [0.25, 0.3) is 0 Å². The van der Waals surface area contributed by atoms with Crippen LogP contribution < -0.4 is 4.72 Å². The van der Waals surface area contributed by atoms with Crippen molar-refractivity contribution in [2.24, 2.45) is 0 Å². The first-order chi connectivity index (χ1) is 8.95. The van der Waals surface area contributed by atoms with Crippen LogP contribution in [0.2, 0.25) is 0 Å². The Morgan fingerprint density at radius 3 is 2.53 bits per heavy atom. The van der Waals surface area contributed by atoms with E-state index < -0.39 is 15.8 Å². The number of sulfonamides is 1. The van der Waals surface area contributed by atoms with Gasteiger partial charge in [-0.05, 0) is 37.6 Å². The maximum absolute atomic E-state index is 12.7. The average Bonchev–Trinajstić information content (AvgIpc) is 2.36. The molecule has 0 unspecified atom stereocenters. The predicted octanol–water partition coefficient (Wildman–Crippen LogP) is 1.45. The lowest BCUT2D eigenvalue weighted by molar-refractivity contribution is -0.143. The minimum absolute atomic E-state index is 0.00923. The highest BCUT2D eigenvalue weighted by atomic mass is 32.2. The van der Waals surface area contributed by atoms with Crippen molar-refractivity contribution in [2.75, 3.05) is 13.2 Å². The number of halogens is 1. The second-order valence-electron chi connectivity index (χ2n) is 3.76. The van der Waals surface area contributed by atoms with Crippen LogP contribution in [0.25, 0.3) is 0 Å². The van der Waals surface area contributed by atoms with Gasteiger partial charge in [0.2, 0.25) is 10.0 Å². The molecule has 0 saturated heterocycles. The number of rotatable bonds is 7. The summed E-state index contributed by atoms with van der Waals surface area (Å²) in [6.07, 6.45) is 0.499. The highest BCUT2D eigenvalue weighted by Crippen LogP contribution is 2.09. The number of hydrogen-bond donors (Lipinski definition) is 1. The maximum Gasteiger partial charge on any atom is 0.305 e. The van der Waals surface area contributed by atoms with Gasteiger partial charge in [0.05, 0.1) is 11.5 Å². The van der Waals surface area contributed by atoms with E-state index in [1.807, 2.05) is 0 Å². The number of ether oxygens (including phenoxy) is 1. The van der Waals surface area contributed by atoms with Gasteiger partial charge in [-0.25, -0.2) is 17.5 Å². The zero-order valence-corrected chi connectivity index (χ0v) is 11.4. The molecule has 1 aromatic rings. The van der Waals surface area contributed by atoms with Crippen molar-refractivity contribution >= 4 is 16.0 Å². The van der Waals surface area contributed by atoms with Gasteiger partial charge < -0.3 is 4.74 Å². The van der Waals surface area contributed by atoms with Crippen LogP contribution in [0.15, 0.2) is 29.2 Å². The Labute approximate surface area is 111 Å². The summed E-state index contributed by atoms with van der Waals surface area (Å²) in [6, 6.07) is 4.52. The fourth-order valence-corrected chi connectivity index (χ4v) is 2.44. The molecule has 0 aliphatic carbocycles. The summed E-state index contributed by atoms with van der Waals surface area (Å²) < 4.78 is 43.3. The summed E-state index contributed by atoms with van der Waals surface area (Å²) >= 11 is 0. The van der Waals surface area contributed by atoms with Crippen molar-refractivity contribution in [1.29, 1.82) is 0 Å². The van der Waals surface area contributed by atoms with Gasteiger partial charge >= 0.3 is 5.97 Å². The highest BCUT2D eigenvalue weighted by Gasteiger charge is 2.13. The standard InChI is InChI=1S/C12H16FNO4S/c1-2-18-12(15)4-3-9-14-19(16,17)11-7-5-10(13)6-8-11/h5-8,14H,2-4,9H2,1H3. The molecule has 1 rings (SSSR count). The quantitative estimate of drug-likeness (QED) is 0.609. The van der Waals surface area contributed by atoms with Gasteiger partial charge in [0, 0.05) is 13.0 Å². The number of esters is 1. The lowest BCUT2D eigenvalue weighted by Gasteiger charge is -2.06. The summed E-state index contributed by atoms with van der Waals surface area (Å²) in [5, 5.41) is 0. The van der Waals surface area contributed by atoms with Gasteiger partial charge in [-0.1, -0.05) is 0 Å². The molecule has 106 valence electrons. The third-order valence-electron chi connectivity index (χ3n) is 2.28. The fourth-order valence-electron chi connectivity index (χ4n) is 1.37. The first kappa shape index (κ1) is 15.6. The lowest BCUT2D eigenvalue weighted by atomic mass is 10.3. The summed E-state index contributed by atoms with van der Waals surface area (Å²) in [5.74, 6) is -0.857. The van der Waals surface area contributed by atoms with E-state index in [0.29, 0.717) is 13.0 Å². The van der Waals surface area contributed by atoms with Gasteiger partial charge in [0.1, 0.15) is 5.82 Å². The van der Waals surface area contributed by atoms with E-state index in [2.05, 4.69) is 4.72 Å². The molecule has 0 aromatic heterocycles. The SMILES string of the molecule is CCOC(=O)CCCNS(=O)(=O)c1ccc(F)cc1. The van der Waals surface area contributed by atoms with Crippen molar-refractivity contribution in [3.8, 4) is 0 Å². The molecule has 19 heavy (non-hydrogen) atoms. The van der Waals surface area contributed by atoms with Crippen LogP contribution in [0.3, 0.4) is 0 Å². The van der Waals surface area contributed by atoms with E-state index in [0.717, 1.165) is 12.1 Å². The van der Waals surface area contributed by atoms with E-state index in [-0.39, 0.29) is 23.8 Å². The van der Waals surface area contributed by atoms with Crippen LogP contribution in [-0.2, 0) is 19.6 Å². The number of carbonyl (C=O) groups is 1. The Morgan fingerprint density at radius 1 is 1.32 bits per heavy atom. The number of benzene rings is 1. The van der Waals surface area contributed by atoms with Crippen molar-refractivity contribution < 1.29 is 22.3 Å². The molecule has 5 nitrogen and oxygen atoms in total. The minimum Gasteiger partial charge on any atom is -0.466 e. The molecular formula is C12H16FNO4S. The van der Waals surface area contributed by atoms with Gasteiger partial charge in [-0.3, -0.25) is 4.79 Å². The molecule has 0 bridgehead atoms. The molecule has 0 fully saturated rings. The minimum atomic E-state index is -3.66. The number of nitrogens with one attached hydrogen (secondary N) is 1. The molecule has 0 radical (unpaired) electrons. The van der Waals surface area contributed by atoms with E-state index in [1.54, 1.807) is 6.92 Å². The number of hydrogen-bond acceptors (Lipinski definition) is 4. The normalized spacial score (nSPS) is 11.3. The molecule has 0 amide bonds. The summed E-state index contributed by atoms with van der Waals surface area (Å²) in [7, 11) is -3.66. The largest absolute Gasteiger partial charge is 0.466 e. The van der Waals surface area contributed by atoms with Crippen LogP contribution in [0.5, 0.6) is 0 Å². The summed E-state index contributed by atoms with van der Waals surface area (Å²) in [4.78, 5) is 11.0. The first-order valence-electron chi connectivity index (χ1n) is 5.86. The third kappa shape index (κ3) is 5.35. The van der Waals surface area contributed by atoms with E-state index in [4.69, 9.17) is 4.74 Å². The molecular weight excluding hydrogens is 273 g/mol. The smallest absolute Gasteiger partial charge is 0.305 e. The molecule has 0 aliphatic heterocycles. The molecule has 0 atom stereocenters. The molecule has 1 N–H and O–H groups in total. The molecule has 0 saturated carbocycles. The van der Waals surface area contributed by atoms with E-state index in [1.165, 1.54) is 12.1 Å². The van der Waals surface area contributed by atoms with E-state index in [9.17, 15) is 17.6 Å². The highest BCUT2D eigenvalue weighted by molar-refractivity contribution is 7.89. The Kier molecular flexibility index (Phi) is 5.91. The first-order valence-corrected chi connectivity index (χ1v) is 7.35. The second-order valence-corrected chi connectivity index (χ2v) is 5.53. The number of carbonyl (C=O) groups excluding carboxylic acids is 1. The van der Waals surface area contributed by atoms with Crippen LogP contribution in [0, 0.1) is 5.82 Å². The second kappa shape index (κ2) is 7.20. The maximum atomic E-state index is 12.7. The van der Waals surface area contributed by atoms with Crippen LogP contribution in [0.1, 0.15) is 19.8 Å². The molecule has 0 spiro atoms. The van der Waals surface area contributed by atoms with Crippen molar-refractivity contribution in [3.05, 3.63) is 30.1 Å². The van der Waals surface area contributed by atoms with Crippen molar-refractivity contribution in [2.45, 2.75) is 24.7 Å². The Bertz CT molecular complexity index is 513. The van der Waals surface area contributed by atoms with Gasteiger partial charge in [-0.15, -0.1) is 0 Å². The third-order valence-corrected chi connectivity index (χ3v) is 3.76. The zero-order chi connectivity index (χ0) is 14.3. The Hall–Kier alpha value is -1.47. The van der Waals surface area contributed by atoms with Crippen LogP contribution in [0.4, 0.5) is 4.39 Å². The van der Waals surface area contributed by atoms with Crippen LogP contribution in [-0.4, -0.2) is 27.5 Å². The lowest BCUT2D eigenvalue weighted by Crippen LogP contribution is -2.25. The summed E-state index contributed by atoms with van der Waals surface area (Å²) in [5.41, 5.74) is 0.